The lowest BCUT2D eigenvalue weighted by molar-refractivity contribution is 0.0208. The van der Waals surface area contributed by atoms with Crippen LogP contribution in [-0.4, -0.2) is 25.5 Å². The zero-order valence-corrected chi connectivity index (χ0v) is 5.76. The third-order valence-electron chi connectivity index (χ3n) is 1.23. The lowest BCUT2D eigenvalue weighted by Crippen LogP contribution is -2.13. The fourth-order valence-corrected chi connectivity index (χ4v) is 0.844. The van der Waals surface area contributed by atoms with E-state index in [9.17, 15) is 0 Å². The van der Waals surface area contributed by atoms with Crippen molar-refractivity contribution in [3.05, 3.63) is 0 Å². The third-order valence-corrected chi connectivity index (χ3v) is 1.23. The number of methoxy groups -OCH3 is 1. The molecule has 0 aromatic carbocycles. The first-order chi connectivity index (χ1) is 4.33. The summed E-state index contributed by atoms with van der Waals surface area (Å²) in [6, 6.07) is 0. The van der Waals surface area contributed by atoms with E-state index in [1.807, 2.05) is 6.92 Å². The second-order valence-electron chi connectivity index (χ2n) is 2.21. The van der Waals surface area contributed by atoms with E-state index in [4.69, 9.17) is 9.57 Å². The van der Waals surface area contributed by atoms with Gasteiger partial charge in [0.1, 0.15) is 0 Å². The first-order valence-electron chi connectivity index (χ1n) is 3.01. The molecule has 3 heteroatoms. The van der Waals surface area contributed by atoms with E-state index in [2.05, 4.69) is 5.16 Å². The highest BCUT2D eigenvalue weighted by Gasteiger charge is 2.16. The van der Waals surface area contributed by atoms with Crippen molar-refractivity contribution < 1.29 is 9.57 Å². The van der Waals surface area contributed by atoms with E-state index in [-0.39, 0.29) is 6.10 Å². The van der Waals surface area contributed by atoms with Crippen LogP contribution in [0.2, 0.25) is 0 Å². The number of nitrogens with zero attached hydrogens (tertiary/aromatic N) is 1. The predicted molar refractivity (Wildman–Crippen MR) is 34.5 cm³/mol. The summed E-state index contributed by atoms with van der Waals surface area (Å²) in [5, 5.41) is 3.77. The van der Waals surface area contributed by atoms with Gasteiger partial charge in [0.15, 0.2) is 6.10 Å². The molecule has 1 rings (SSSR count). The molecule has 0 aliphatic carbocycles. The Labute approximate surface area is 54.6 Å². The van der Waals surface area contributed by atoms with E-state index in [0.717, 1.165) is 12.1 Å². The summed E-state index contributed by atoms with van der Waals surface area (Å²) in [7, 11) is 1.66. The van der Waals surface area contributed by atoms with Gasteiger partial charge in [0.2, 0.25) is 0 Å². The summed E-state index contributed by atoms with van der Waals surface area (Å²) in [4.78, 5) is 4.97. The van der Waals surface area contributed by atoms with Crippen molar-refractivity contribution in [1.29, 1.82) is 0 Å². The lowest BCUT2D eigenvalue weighted by atomic mass is 10.2. The molecule has 0 N–H and O–H groups in total. The second-order valence-corrected chi connectivity index (χ2v) is 2.21. The van der Waals surface area contributed by atoms with Crippen LogP contribution in [0, 0.1) is 0 Å². The van der Waals surface area contributed by atoms with Crippen LogP contribution in [0.4, 0.5) is 0 Å². The molecule has 52 valence electrons. The molecule has 1 heterocycles. The smallest absolute Gasteiger partial charge is 0.156 e. The SMILES string of the molecule is COCC1CC(C)=NO1. The summed E-state index contributed by atoms with van der Waals surface area (Å²) in [5.41, 5.74) is 1.05. The molecular formula is C6H11NO2. The van der Waals surface area contributed by atoms with Crippen LogP contribution < -0.4 is 0 Å². The van der Waals surface area contributed by atoms with Crippen molar-refractivity contribution in [2.75, 3.05) is 13.7 Å². The molecule has 0 saturated heterocycles. The minimum atomic E-state index is 0.162. The van der Waals surface area contributed by atoms with Crippen molar-refractivity contribution in [3.8, 4) is 0 Å². The van der Waals surface area contributed by atoms with Crippen LogP contribution in [0.15, 0.2) is 5.16 Å². The van der Waals surface area contributed by atoms with Crippen molar-refractivity contribution in [2.45, 2.75) is 19.4 Å². The summed E-state index contributed by atoms with van der Waals surface area (Å²) in [6.07, 6.45) is 1.07. The maximum absolute atomic E-state index is 4.97. The van der Waals surface area contributed by atoms with Gasteiger partial charge in [-0.3, -0.25) is 0 Å². The van der Waals surface area contributed by atoms with Gasteiger partial charge in [-0.25, -0.2) is 0 Å². The highest BCUT2D eigenvalue weighted by Crippen LogP contribution is 2.09. The standard InChI is InChI=1S/C6H11NO2/c1-5-3-6(4-8-2)9-7-5/h6H,3-4H2,1-2H3. The van der Waals surface area contributed by atoms with Gasteiger partial charge in [0.05, 0.1) is 12.3 Å². The summed E-state index contributed by atoms with van der Waals surface area (Å²) in [5.74, 6) is 0. The van der Waals surface area contributed by atoms with Crippen molar-refractivity contribution in [3.63, 3.8) is 0 Å². The number of rotatable bonds is 2. The molecule has 9 heavy (non-hydrogen) atoms. The summed E-state index contributed by atoms with van der Waals surface area (Å²) in [6.45, 7) is 2.59. The Bertz CT molecular complexity index is 122. The lowest BCUT2D eigenvalue weighted by Gasteiger charge is -2.03. The van der Waals surface area contributed by atoms with Crippen LogP contribution in [0.5, 0.6) is 0 Å². The molecule has 1 atom stereocenters. The molecule has 0 radical (unpaired) electrons. The fourth-order valence-electron chi connectivity index (χ4n) is 0.844. The van der Waals surface area contributed by atoms with Gasteiger partial charge in [0.25, 0.3) is 0 Å². The molecule has 1 aliphatic rings. The Morgan fingerprint density at radius 2 is 2.67 bits per heavy atom. The van der Waals surface area contributed by atoms with E-state index < -0.39 is 0 Å². The normalized spacial score (nSPS) is 25.6. The third kappa shape index (κ3) is 1.68. The number of ether oxygens (including phenoxy) is 1. The Kier molecular flexibility index (Phi) is 2.05. The molecule has 0 fully saturated rings. The first-order valence-corrected chi connectivity index (χ1v) is 3.01. The molecule has 1 unspecified atom stereocenters. The topological polar surface area (TPSA) is 30.8 Å². The van der Waals surface area contributed by atoms with Crippen molar-refractivity contribution in [1.82, 2.24) is 0 Å². The van der Waals surface area contributed by atoms with E-state index in [1.165, 1.54) is 0 Å². The molecule has 1 aliphatic heterocycles. The van der Waals surface area contributed by atoms with Crippen LogP contribution in [0.1, 0.15) is 13.3 Å². The Balaban J connectivity index is 2.21. The fraction of sp³-hybridized carbons (Fsp3) is 0.833. The van der Waals surface area contributed by atoms with Gasteiger partial charge < -0.3 is 9.57 Å². The molecule has 0 spiro atoms. The average Bonchev–Trinajstić information content (AvgIpc) is 2.17. The largest absolute Gasteiger partial charge is 0.390 e. The molecular weight excluding hydrogens is 118 g/mol. The first kappa shape index (κ1) is 6.55. The van der Waals surface area contributed by atoms with Gasteiger partial charge in [-0.05, 0) is 6.92 Å². The second kappa shape index (κ2) is 2.82. The molecule has 3 nitrogen and oxygen atoms in total. The number of oxime groups is 1. The monoisotopic (exact) mass is 129 g/mol. The van der Waals surface area contributed by atoms with Gasteiger partial charge in [-0.1, -0.05) is 5.16 Å². The predicted octanol–water partition coefficient (Wildman–Crippen LogP) is 0.798. The van der Waals surface area contributed by atoms with Crippen LogP contribution in [0.3, 0.4) is 0 Å². The Morgan fingerprint density at radius 3 is 3.11 bits per heavy atom. The quantitative estimate of drug-likeness (QED) is 0.552. The minimum Gasteiger partial charge on any atom is -0.390 e. The molecule has 0 saturated carbocycles. The van der Waals surface area contributed by atoms with Crippen LogP contribution >= 0.6 is 0 Å². The van der Waals surface area contributed by atoms with E-state index >= 15 is 0 Å². The van der Waals surface area contributed by atoms with Gasteiger partial charge in [-0.15, -0.1) is 0 Å². The summed E-state index contributed by atoms with van der Waals surface area (Å²) < 4.78 is 4.88. The Hall–Kier alpha value is -0.570. The zero-order valence-electron chi connectivity index (χ0n) is 5.76. The van der Waals surface area contributed by atoms with Crippen LogP contribution in [-0.2, 0) is 9.57 Å². The summed E-state index contributed by atoms with van der Waals surface area (Å²) >= 11 is 0. The molecule has 0 aromatic heterocycles. The maximum atomic E-state index is 4.97. The van der Waals surface area contributed by atoms with Crippen molar-refractivity contribution in [2.24, 2.45) is 5.16 Å². The van der Waals surface area contributed by atoms with E-state index in [0.29, 0.717) is 6.61 Å². The highest BCUT2D eigenvalue weighted by atomic mass is 16.7. The Morgan fingerprint density at radius 1 is 1.89 bits per heavy atom. The van der Waals surface area contributed by atoms with Crippen LogP contribution in [0.25, 0.3) is 0 Å². The molecule has 0 amide bonds. The van der Waals surface area contributed by atoms with Gasteiger partial charge >= 0.3 is 0 Å². The minimum absolute atomic E-state index is 0.162. The molecule has 0 aromatic rings. The highest BCUT2D eigenvalue weighted by molar-refractivity contribution is 5.82. The molecule has 0 bridgehead atoms. The zero-order chi connectivity index (χ0) is 6.69. The van der Waals surface area contributed by atoms with E-state index in [1.54, 1.807) is 7.11 Å². The number of hydrogen-bond donors (Lipinski definition) is 0. The average molecular weight is 129 g/mol. The van der Waals surface area contributed by atoms with Crippen molar-refractivity contribution >= 4 is 5.71 Å². The van der Waals surface area contributed by atoms with Gasteiger partial charge in [-0.2, -0.15) is 0 Å². The number of hydrogen-bond acceptors (Lipinski definition) is 3. The maximum Gasteiger partial charge on any atom is 0.156 e. The van der Waals surface area contributed by atoms with Gasteiger partial charge in [0, 0.05) is 13.5 Å².